The number of amides is 1. The van der Waals surface area contributed by atoms with E-state index in [1.807, 2.05) is 0 Å². The van der Waals surface area contributed by atoms with Crippen LogP contribution in [0.5, 0.6) is 0 Å². The third kappa shape index (κ3) is 3.65. The lowest BCUT2D eigenvalue weighted by Crippen LogP contribution is -2.66. The van der Waals surface area contributed by atoms with Crippen LogP contribution in [0.3, 0.4) is 0 Å². The molecule has 0 aromatic carbocycles. The quantitative estimate of drug-likeness (QED) is 0.402. The Morgan fingerprint density at radius 3 is 2.28 bits per heavy atom. The number of carbonyl (C=O) groups excluding carboxylic acids is 1. The van der Waals surface area contributed by atoms with Gasteiger partial charge in [-0.1, -0.05) is 6.92 Å². The normalized spacial score (nSPS) is 21.6. The van der Waals surface area contributed by atoms with E-state index in [1.54, 1.807) is 13.8 Å². The Morgan fingerprint density at radius 2 is 1.94 bits per heavy atom. The van der Waals surface area contributed by atoms with Crippen molar-refractivity contribution in [2.24, 2.45) is 11.7 Å². The fraction of sp³-hybridized carbons (Fsp3) is 0.917. The third-order valence-corrected chi connectivity index (χ3v) is 3.86. The molecule has 0 saturated carbocycles. The minimum absolute atomic E-state index is 0.281. The molecule has 0 aromatic heterocycles. The average molecular weight is 262 g/mol. The Morgan fingerprint density at radius 1 is 1.44 bits per heavy atom. The summed E-state index contributed by atoms with van der Waals surface area (Å²) < 4.78 is 0. The van der Waals surface area contributed by atoms with E-state index < -0.39 is 29.8 Å². The number of rotatable bonds is 7. The van der Waals surface area contributed by atoms with Crippen LogP contribution < -0.4 is 11.1 Å². The van der Waals surface area contributed by atoms with E-state index in [-0.39, 0.29) is 12.5 Å². The lowest BCUT2D eigenvalue weighted by atomic mass is 9.70. The Kier molecular flexibility index (Phi) is 6.22. The molecule has 6 heteroatoms. The molecule has 0 bridgehead atoms. The smallest absolute Gasteiger partial charge is 0.217 e. The maximum atomic E-state index is 11.3. The molecule has 0 fully saturated rings. The van der Waals surface area contributed by atoms with Gasteiger partial charge in [0, 0.05) is 12.8 Å². The van der Waals surface area contributed by atoms with E-state index in [9.17, 15) is 15.0 Å². The van der Waals surface area contributed by atoms with Gasteiger partial charge in [0.15, 0.2) is 0 Å². The molecule has 0 aliphatic heterocycles. The van der Waals surface area contributed by atoms with Crippen molar-refractivity contribution in [2.45, 2.75) is 51.4 Å². The van der Waals surface area contributed by atoms with Gasteiger partial charge < -0.3 is 26.4 Å². The summed E-state index contributed by atoms with van der Waals surface area (Å²) in [5.74, 6) is -0.900. The highest BCUT2D eigenvalue weighted by atomic mass is 16.3. The van der Waals surface area contributed by atoms with Crippen LogP contribution >= 0.6 is 0 Å². The Labute approximate surface area is 108 Å². The van der Waals surface area contributed by atoms with E-state index in [2.05, 4.69) is 5.32 Å². The molecule has 0 aromatic rings. The van der Waals surface area contributed by atoms with E-state index in [0.717, 1.165) is 0 Å². The molecule has 0 spiro atoms. The summed E-state index contributed by atoms with van der Waals surface area (Å²) in [5.41, 5.74) is 3.15. The maximum Gasteiger partial charge on any atom is 0.217 e. The second kappa shape index (κ2) is 6.47. The first-order valence-electron chi connectivity index (χ1n) is 6.12. The van der Waals surface area contributed by atoms with Gasteiger partial charge in [-0.25, -0.2) is 0 Å². The fourth-order valence-electron chi connectivity index (χ4n) is 2.15. The Hall–Kier alpha value is -0.690. The van der Waals surface area contributed by atoms with Gasteiger partial charge in [-0.05, 0) is 26.8 Å². The number of hydrogen-bond acceptors (Lipinski definition) is 5. The van der Waals surface area contributed by atoms with Gasteiger partial charge in [0.1, 0.15) is 0 Å². The molecule has 108 valence electrons. The van der Waals surface area contributed by atoms with Crippen LogP contribution in [0.4, 0.5) is 0 Å². The molecule has 18 heavy (non-hydrogen) atoms. The zero-order chi connectivity index (χ0) is 14.6. The zero-order valence-electron chi connectivity index (χ0n) is 11.6. The van der Waals surface area contributed by atoms with Gasteiger partial charge in [0.25, 0.3) is 0 Å². The minimum atomic E-state index is -1.40. The van der Waals surface area contributed by atoms with Gasteiger partial charge in [-0.3, -0.25) is 4.79 Å². The molecule has 0 rings (SSSR count). The molecule has 6 N–H and O–H groups in total. The van der Waals surface area contributed by atoms with Crippen LogP contribution in [0.25, 0.3) is 0 Å². The second-order valence-electron chi connectivity index (χ2n) is 5.24. The molecule has 6 nitrogen and oxygen atoms in total. The van der Waals surface area contributed by atoms with E-state index in [0.29, 0.717) is 6.42 Å². The van der Waals surface area contributed by atoms with Crippen LogP contribution in [0.15, 0.2) is 0 Å². The van der Waals surface area contributed by atoms with Crippen molar-refractivity contribution in [3.05, 3.63) is 0 Å². The van der Waals surface area contributed by atoms with Gasteiger partial charge in [0.05, 0.1) is 23.9 Å². The van der Waals surface area contributed by atoms with Gasteiger partial charge in [-0.15, -0.1) is 0 Å². The van der Waals surface area contributed by atoms with Crippen molar-refractivity contribution >= 4 is 5.91 Å². The van der Waals surface area contributed by atoms with Gasteiger partial charge >= 0.3 is 0 Å². The number of aliphatic hydroxyl groups is 3. The number of nitrogens with two attached hydrogens (primary N) is 1. The number of hydrogen-bond donors (Lipinski definition) is 5. The second-order valence-corrected chi connectivity index (χ2v) is 5.24. The Bertz CT molecular complexity index is 283. The molecule has 0 aliphatic rings. The summed E-state index contributed by atoms with van der Waals surface area (Å²) in [5, 5.41) is 32.0. The van der Waals surface area contributed by atoms with Crippen molar-refractivity contribution in [1.82, 2.24) is 5.32 Å². The summed E-state index contributed by atoms with van der Waals surface area (Å²) in [6.07, 6.45) is -0.701. The summed E-state index contributed by atoms with van der Waals surface area (Å²) in [4.78, 5) is 11.3. The molecule has 0 radical (unpaired) electrons. The number of nitrogens with one attached hydrogen (secondary N) is 1. The highest BCUT2D eigenvalue weighted by Crippen LogP contribution is 2.34. The molecular formula is C12H26N2O4. The molecule has 1 amide bonds. The summed E-state index contributed by atoms with van der Waals surface area (Å²) in [6.45, 7) is 6.03. The maximum absolute atomic E-state index is 11.3. The average Bonchev–Trinajstić information content (AvgIpc) is 2.25. The van der Waals surface area contributed by atoms with Crippen LogP contribution in [-0.4, -0.2) is 51.6 Å². The first-order chi connectivity index (χ1) is 8.12. The number of carbonyl (C=O) groups is 1. The predicted molar refractivity (Wildman–Crippen MR) is 68.8 cm³/mol. The number of aliphatic hydroxyl groups excluding tert-OH is 2. The summed E-state index contributed by atoms with van der Waals surface area (Å²) in [6, 6.07) is 0. The molecule has 4 atom stereocenters. The van der Waals surface area contributed by atoms with Crippen molar-refractivity contribution < 1.29 is 20.1 Å². The predicted octanol–water partition coefficient (Wildman–Crippen LogP) is -1.03. The van der Waals surface area contributed by atoms with Gasteiger partial charge in [-0.2, -0.15) is 0 Å². The van der Waals surface area contributed by atoms with E-state index in [4.69, 9.17) is 10.8 Å². The van der Waals surface area contributed by atoms with E-state index >= 15 is 0 Å². The van der Waals surface area contributed by atoms with E-state index in [1.165, 1.54) is 13.8 Å². The van der Waals surface area contributed by atoms with Crippen LogP contribution in [0.1, 0.15) is 34.1 Å². The van der Waals surface area contributed by atoms with Crippen molar-refractivity contribution in [3.63, 3.8) is 0 Å². The first-order valence-corrected chi connectivity index (χ1v) is 6.12. The summed E-state index contributed by atoms with van der Waals surface area (Å²) in [7, 11) is 0. The SMILES string of the molecule is CC(=O)NC(C)(CCN)C(C)(O)C(C)C(O)CO. The third-order valence-electron chi connectivity index (χ3n) is 3.86. The molecular weight excluding hydrogens is 236 g/mol. The minimum Gasteiger partial charge on any atom is -0.394 e. The largest absolute Gasteiger partial charge is 0.394 e. The van der Waals surface area contributed by atoms with Crippen LogP contribution in [-0.2, 0) is 4.79 Å². The van der Waals surface area contributed by atoms with Crippen molar-refractivity contribution in [2.75, 3.05) is 13.2 Å². The zero-order valence-corrected chi connectivity index (χ0v) is 11.6. The fourth-order valence-corrected chi connectivity index (χ4v) is 2.15. The van der Waals surface area contributed by atoms with Crippen LogP contribution in [0.2, 0.25) is 0 Å². The summed E-state index contributed by atoms with van der Waals surface area (Å²) >= 11 is 0. The van der Waals surface area contributed by atoms with Crippen molar-refractivity contribution in [1.29, 1.82) is 0 Å². The van der Waals surface area contributed by atoms with Gasteiger partial charge in [0.2, 0.25) is 5.91 Å². The standard InChI is InChI=1S/C12H26N2O4/c1-8(10(17)7-15)12(4,18)11(3,5-6-13)14-9(2)16/h8,10,15,17-18H,5-7,13H2,1-4H3,(H,14,16). The molecule has 0 saturated heterocycles. The highest BCUT2D eigenvalue weighted by molar-refractivity contribution is 5.74. The van der Waals surface area contributed by atoms with Crippen molar-refractivity contribution in [3.8, 4) is 0 Å². The molecule has 0 heterocycles. The molecule has 4 unspecified atom stereocenters. The molecule has 0 aliphatic carbocycles. The van der Waals surface area contributed by atoms with Crippen LogP contribution in [0, 0.1) is 5.92 Å². The Balaban J connectivity index is 5.24. The highest BCUT2D eigenvalue weighted by Gasteiger charge is 2.48. The lowest BCUT2D eigenvalue weighted by molar-refractivity contribution is -0.137. The first kappa shape index (κ1) is 17.3. The monoisotopic (exact) mass is 262 g/mol. The lowest BCUT2D eigenvalue weighted by Gasteiger charge is -2.47. The topological polar surface area (TPSA) is 116 Å².